The van der Waals surface area contributed by atoms with Crippen LogP contribution in [0.5, 0.6) is 0 Å². The zero-order valence-corrected chi connectivity index (χ0v) is 66.1. The molecule has 0 saturated carbocycles. The van der Waals surface area contributed by atoms with Crippen molar-refractivity contribution >= 4 is 5.91 Å². The number of carbonyl (C=O) groups is 1. The van der Waals surface area contributed by atoms with Crippen molar-refractivity contribution in [2.75, 3.05) is 26.4 Å². The highest BCUT2D eigenvalue weighted by molar-refractivity contribution is 5.76. The van der Waals surface area contributed by atoms with Crippen molar-refractivity contribution in [2.24, 2.45) is 0 Å². The summed E-state index contributed by atoms with van der Waals surface area (Å²) in [5.41, 5.74) is 0. The van der Waals surface area contributed by atoms with Crippen molar-refractivity contribution < 1.29 is 89.4 Å². The van der Waals surface area contributed by atoms with Crippen LogP contribution in [-0.2, 0) is 33.2 Å². The lowest BCUT2D eigenvalue weighted by Gasteiger charge is -2.48. The summed E-state index contributed by atoms with van der Waals surface area (Å²) in [6, 6.07) is -1.00. The van der Waals surface area contributed by atoms with E-state index in [1.54, 1.807) is 6.08 Å². The summed E-state index contributed by atoms with van der Waals surface area (Å²) in [7, 11) is 0. The molecule has 0 aromatic carbocycles. The van der Waals surface area contributed by atoms with Gasteiger partial charge in [0.1, 0.15) is 73.2 Å². The third-order valence-corrected chi connectivity index (χ3v) is 20.2. The number of aliphatic hydroxyl groups is 11. The van der Waals surface area contributed by atoms with E-state index in [-0.39, 0.29) is 18.9 Å². The fourth-order valence-corrected chi connectivity index (χ4v) is 13.5. The summed E-state index contributed by atoms with van der Waals surface area (Å²) in [5.74, 6) is -0.292. The van der Waals surface area contributed by atoms with Gasteiger partial charge >= 0.3 is 0 Å². The molecule has 3 rings (SSSR count). The highest BCUT2D eigenvalue weighted by Crippen LogP contribution is 2.33. The van der Waals surface area contributed by atoms with Crippen LogP contribution in [0.3, 0.4) is 0 Å². The van der Waals surface area contributed by atoms with E-state index in [1.165, 1.54) is 161 Å². The fraction of sp³-hybridized carbons (Fsp3) is 0.761. The minimum atomic E-state index is -1.99. The van der Waals surface area contributed by atoms with Crippen LogP contribution in [0.4, 0.5) is 0 Å². The van der Waals surface area contributed by atoms with Crippen LogP contribution < -0.4 is 5.32 Å². The number of carbonyl (C=O) groups excluding carboxylic acids is 1. The van der Waals surface area contributed by atoms with Crippen LogP contribution in [0.2, 0.25) is 0 Å². The van der Waals surface area contributed by atoms with Crippen molar-refractivity contribution in [3.8, 4) is 0 Å². The Morgan fingerprint density at radius 2 is 0.654 bits per heavy atom. The maximum Gasteiger partial charge on any atom is 0.220 e. The molecule has 19 heteroatoms. The Labute approximate surface area is 646 Å². The summed E-state index contributed by atoms with van der Waals surface area (Å²) >= 11 is 0. The molecular weight excluding hydrogens is 1360 g/mol. The zero-order chi connectivity index (χ0) is 77.4. The van der Waals surface area contributed by atoms with Crippen LogP contribution in [0.25, 0.3) is 0 Å². The van der Waals surface area contributed by atoms with Gasteiger partial charge in [-0.3, -0.25) is 4.79 Å². The number of unbranched alkanes of at least 4 members (excludes halogenated alkanes) is 32. The van der Waals surface area contributed by atoms with Crippen LogP contribution in [0.15, 0.2) is 122 Å². The molecule has 107 heavy (non-hydrogen) atoms. The van der Waals surface area contributed by atoms with Gasteiger partial charge in [0.2, 0.25) is 5.91 Å². The molecule has 0 aromatic rings. The molecular formula is C88H151NO18. The molecule has 0 radical (unpaired) electrons. The number of allylic oxidation sites excluding steroid dienone is 19. The first kappa shape index (κ1) is 97.4. The molecule has 0 aliphatic carbocycles. The van der Waals surface area contributed by atoms with Gasteiger partial charge in [0.05, 0.1) is 38.6 Å². The van der Waals surface area contributed by atoms with E-state index in [2.05, 4.69) is 129 Å². The Balaban J connectivity index is 1.37. The van der Waals surface area contributed by atoms with E-state index in [1.807, 2.05) is 6.08 Å². The van der Waals surface area contributed by atoms with Crippen molar-refractivity contribution in [1.29, 1.82) is 0 Å². The molecule has 0 spiro atoms. The second-order valence-electron chi connectivity index (χ2n) is 29.6. The van der Waals surface area contributed by atoms with E-state index in [0.717, 1.165) is 103 Å². The topological polar surface area (TPSA) is 307 Å². The van der Waals surface area contributed by atoms with Crippen LogP contribution in [0.1, 0.15) is 296 Å². The van der Waals surface area contributed by atoms with Gasteiger partial charge in [-0.05, 0) is 96.3 Å². The average molecular weight is 1510 g/mol. The number of hydrogen-bond acceptors (Lipinski definition) is 18. The minimum Gasteiger partial charge on any atom is -0.394 e. The molecule has 19 nitrogen and oxygen atoms in total. The van der Waals surface area contributed by atoms with Crippen LogP contribution in [0, 0.1) is 0 Å². The first-order valence-electron chi connectivity index (χ1n) is 42.3. The number of ether oxygens (including phenoxy) is 6. The number of aliphatic hydroxyl groups excluding tert-OH is 11. The van der Waals surface area contributed by atoms with E-state index >= 15 is 0 Å². The Morgan fingerprint density at radius 1 is 0.346 bits per heavy atom. The molecule has 12 N–H and O–H groups in total. The quantitative estimate of drug-likeness (QED) is 0.0199. The van der Waals surface area contributed by atoms with Gasteiger partial charge in [0.15, 0.2) is 18.9 Å². The highest BCUT2D eigenvalue weighted by Gasteiger charge is 2.54. The number of rotatable bonds is 66. The molecule has 17 unspecified atom stereocenters. The maximum atomic E-state index is 13.5. The first-order valence-corrected chi connectivity index (χ1v) is 42.3. The van der Waals surface area contributed by atoms with Crippen molar-refractivity contribution in [3.05, 3.63) is 122 Å². The molecule has 17 atom stereocenters. The lowest BCUT2D eigenvalue weighted by atomic mass is 9.96. The van der Waals surface area contributed by atoms with E-state index in [4.69, 9.17) is 28.4 Å². The summed E-state index contributed by atoms with van der Waals surface area (Å²) in [6.07, 6.45) is 67.5. The predicted octanol–water partition coefficient (Wildman–Crippen LogP) is 15.1. The Hall–Kier alpha value is -3.81. The van der Waals surface area contributed by atoms with Crippen molar-refractivity contribution in [2.45, 2.75) is 401 Å². The summed E-state index contributed by atoms with van der Waals surface area (Å²) in [5, 5.41) is 121. The lowest BCUT2D eigenvalue weighted by molar-refractivity contribution is -0.379. The summed E-state index contributed by atoms with van der Waals surface area (Å²) in [4.78, 5) is 13.5. The second-order valence-corrected chi connectivity index (χ2v) is 29.6. The average Bonchev–Trinajstić information content (AvgIpc) is 0.781. The van der Waals surface area contributed by atoms with Crippen molar-refractivity contribution in [1.82, 2.24) is 5.32 Å². The van der Waals surface area contributed by atoms with E-state index in [9.17, 15) is 61.0 Å². The van der Waals surface area contributed by atoms with Crippen LogP contribution in [-0.4, -0.2) is 193 Å². The van der Waals surface area contributed by atoms with Gasteiger partial charge in [-0.1, -0.05) is 315 Å². The maximum absolute atomic E-state index is 13.5. The molecule has 1 amide bonds. The van der Waals surface area contributed by atoms with Gasteiger partial charge in [-0.2, -0.15) is 0 Å². The Morgan fingerprint density at radius 3 is 1.05 bits per heavy atom. The fourth-order valence-electron chi connectivity index (χ4n) is 13.5. The largest absolute Gasteiger partial charge is 0.394 e. The molecule has 3 fully saturated rings. The van der Waals surface area contributed by atoms with Gasteiger partial charge in [0.25, 0.3) is 0 Å². The van der Waals surface area contributed by atoms with E-state index < -0.39 is 124 Å². The standard InChI is InChI=1S/C88H151NO18/c1-3-5-7-9-11-13-15-17-19-21-23-25-27-29-31-32-33-34-35-36-37-38-40-42-44-46-48-50-52-54-56-58-60-62-64-66-76(94)89-71(72(93)65-63-61-59-57-55-53-51-49-47-45-43-41-39-30-28-26-24-22-20-18-16-14-12-10-8-6-4-2)70-102-86-82(100)79(97)84(74(68-91)104-86)107-88-83(101)80(98)85(75(69-92)105-88)106-87-81(99)78(96)77(95)73(67-90)103-87/h5,7,11,13,17,19,23,25,29,31,33-34,36-37,40,42,55,57,63,65,71-75,77-88,90-93,95-101H,3-4,6,8-10,12,14-16,18,20-22,24,26-28,30,32,35,38-39,41,43-54,56,58-62,64,66-70H2,1-2H3,(H,89,94)/b7-5-,13-11-,19-17-,25-23-,31-29-,34-33-,37-36-,42-40-,57-55+,65-63+. The third-order valence-electron chi connectivity index (χ3n) is 20.2. The highest BCUT2D eigenvalue weighted by atomic mass is 16.8. The molecule has 0 bridgehead atoms. The molecule has 3 aliphatic rings. The monoisotopic (exact) mass is 1510 g/mol. The SMILES string of the molecule is CC/C=C\C/C=C\C/C=C\C/C=C\C/C=C\C/C=C\C/C=C\C/C=C\CCCCCCCCCCCCC(=O)NC(COC1OC(CO)C(OC2OC(CO)C(OC3OC(CO)C(O)C(O)C3O)C(O)C2O)C(O)C1O)C(O)/C=C/CC/C=C/CCCCCCCCCCCCCCCCCCCCCCC. The Bertz CT molecular complexity index is 2410. The summed E-state index contributed by atoms with van der Waals surface area (Å²) in [6.45, 7) is 1.62. The smallest absolute Gasteiger partial charge is 0.220 e. The molecule has 3 saturated heterocycles. The number of amides is 1. The molecule has 616 valence electrons. The molecule has 3 aliphatic heterocycles. The molecule has 3 heterocycles. The number of hydrogen-bond donors (Lipinski definition) is 12. The van der Waals surface area contributed by atoms with Gasteiger partial charge < -0.3 is 89.9 Å². The second kappa shape index (κ2) is 66.8. The van der Waals surface area contributed by atoms with Crippen molar-refractivity contribution in [3.63, 3.8) is 0 Å². The normalized spacial score (nSPS) is 26.2. The predicted molar refractivity (Wildman–Crippen MR) is 429 cm³/mol. The van der Waals surface area contributed by atoms with Gasteiger partial charge in [0, 0.05) is 6.42 Å². The zero-order valence-electron chi connectivity index (χ0n) is 66.1. The number of nitrogens with one attached hydrogen (secondary N) is 1. The summed E-state index contributed by atoms with van der Waals surface area (Å²) < 4.78 is 34.5. The third kappa shape index (κ3) is 46.1. The van der Waals surface area contributed by atoms with Gasteiger partial charge in [-0.25, -0.2) is 0 Å². The van der Waals surface area contributed by atoms with Crippen LogP contribution >= 0.6 is 0 Å². The Kier molecular flexibility index (Phi) is 60.8. The molecule has 0 aromatic heterocycles. The minimum absolute atomic E-state index is 0.223. The van der Waals surface area contributed by atoms with E-state index in [0.29, 0.717) is 12.8 Å². The lowest BCUT2D eigenvalue weighted by Crippen LogP contribution is -2.66. The first-order chi connectivity index (χ1) is 52.3. The van der Waals surface area contributed by atoms with Gasteiger partial charge in [-0.15, -0.1) is 0 Å².